The monoisotopic (exact) mass is 326 g/mol. The number of anilines is 2. The van der Waals surface area contributed by atoms with Crippen molar-refractivity contribution in [2.75, 3.05) is 17.7 Å². The second-order valence-corrected chi connectivity index (χ2v) is 5.83. The Morgan fingerprint density at radius 2 is 1.67 bits per heavy atom. The summed E-state index contributed by atoms with van der Waals surface area (Å²) < 4.78 is 5.34. The lowest BCUT2D eigenvalue weighted by atomic mass is 9.99. The number of ether oxygens (including phenoxy) is 1. The van der Waals surface area contributed by atoms with Crippen molar-refractivity contribution in [1.29, 1.82) is 0 Å². The molecular weight excluding hydrogens is 304 g/mol. The fourth-order valence-electron chi connectivity index (χ4n) is 2.41. The van der Waals surface area contributed by atoms with E-state index in [-0.39, 0.29) is 17.7 Å². The highest BCUT2D eigenvalue weighted by Gasteiger charge is 2.13. The van der Waals surface area contributed by atoms with Gasteiger partial charge in [0.2, 0.25) is 5.91 Å². The summed E-state index contributed by atoms with van der Waals surface area (Å²) in [6.07, 6.45) is 0. The van der Waals surface area contributed by atoms with Crippen LogP contribution in [0.4, 0.5) is 11.4 Å². The average Bonchev–Trinajstić information content (AvgIpc) is 2.53. The first kappa shape index (κ1) is 17.5. The molecule has 5 heteroatoms. The van der Waals surface area contributed by atoms with Crippen LogP contribution in [0.25, 0.3) is 0 Å². The van der Waals surface area contributed by atoms with Crippen molar-refractivity contribution in [2.45, 2.75) is 26.7 Å². The zero-order valence-corrected chi connectivity index (χ0v) is 14.3. The third-order valence-corrected chi connectivity index (χ3v) is 3.55. The number of nitrogens with one attached hydrogen (secondary N) is 2. The highest BCUT2D eigenvalue weighted by Crippen LogP contribution is 2.27. The smallest absolute Gasteiger partial charge is 0.255 e. The van der Waals surface area contributed by atoms with Gasteiger partial charge in [-0.2, -0.15) is 0 Å². The average molecular weight is 326 g/mol. The van der Waals surface area contributed by atoms with Crippen molar-refractivity contribution >= 4 is 23.2 Å². The molecule has 2 aromatic rings. The molecule has 5 nitrogen and oxygen atoms in total. The molecular formula is C19H22N2O3. The molecule has 0 saturated heterocycles. The van der Waals surface area contributed by atoms with Crippen molar-refractivity contribution in [1.82, 2.24) is 0 Å². The van der Waals surface area contributed by atoms with Crippen LogP contribution in [0.2, 0.25) is 0 Å². The van der Waals surface area contributed by atoms with Crippen molar-refractivity contribution in [3.63, 3.8) is 0 Å². The van der Waals surface area contributed by atoms with Crippen LogP contribution in [0.1, 0.15) is 42.6 Å². The normalized spacial score (nSPS) is 10.4. The van der Waals surface area contributed by atoms with E-state index in [4.69, 9.17) is 4.74 Å². The van der Waals surface area contributed by atoms with E-state index in [1.807, 2.05) is 6.07 Å². The van der Waals surface area contributed by atoms with E-state index in [1.165, 1.54) is 6.92 Å². The molecule has 0 aliphatic carbocycles. The maximum atomic E-state index is 12.5. The molecule has 126 valence electrons. The number of hydrogen-bond acceptors (Lipinski definition) is 3. The van der Waals surface area contributed by atoms with Crippen LogP contribution < -0.4 is 15.4 Å². The summed E-state index contributed by atoms with van der Waals surface area (Å²) in [6.45, 7) is 5.54. The SMILES string of the molecule is COc1ccc(C(=O)Nc2cccc(NC(C)=O)c2)cc1C(C)C. The van der Waals surface area contributed by atoms with Gasteiger partial charge in [-0.05, 0) is 47.9 Å². The summed E-state index contributed by atoms with van der Waals surface area (Å²) >= 11 is 0. The van der Waals surface area contributed by atoms with Crippen LogP contribution in [0.3, 0.4) is 0 Å². The Kier molecular flexibility index (Phi) is 5.58. The van der Waals surface area contributed by atoms with Crippen LogP contribution >= 0.6 is 0 Å². The van der Waals surface area contributed by atoms with Crippen LogP contribution in [0, 0.1) is 0 Å². The maximum Gasteiger partial charge on any atom is 0.255 e. The van der Waals surface area contributed by atoms with Gasteiger partial charge in [0, 0.05) is 23.9 Å². The molecule has 0 heterocycles. The number of carbonyl (C=O) groups excluding carboxylic acids is 2. The Labute approximate surface area is 142 Å². The maximum absolute atomic E-state index is 12.5. The van der Waals surface area contributed by atoms with E-state index in [0.717, 1.165) is 11.3 Å². The predicted octanol–water partition coefficient (Wildman–Crippen LogP) is 4.03. The van der Waals surface area contributed by atoms with Gasteiger partial charge >= 0.3 is 0 Å². The van der Waals surface area contributed by atoms with Gasteiger partial charge in [-0.25, -0.2) is 0 Å². The van der Waals surface area contributed by atoms with E-state index in [0.29, 0.717) is 16.9 Å². The molecule has 0 aliphatic heterocycles. The number of benzene rings is 2. The van der Waals surface area contributed by atoms with E-state index >= 15 is 0 Å². The lowest BCUT2D eigenvalue weighted by Gasteiger charge is -2.14. The number of methoxy groups -OCH3 is 1. The largest absolute Gasteiger partial charge is 0.496 e. The van der Waals surface area contributed by atoms with Gasteiger partial charge in [0.15, 0.2) is 0 Å². The molecule has 0 atom stereocenters. The van der Waals surface area contributed by atoms with E-state index < -0.39 is 0 Å². The number of amides is 2. The molecule has 2 aromatic carbocycles. The fourth-order valence-corrected chi connectivity index (χ4v) is 2.41. The Morgan fingerprint density at radius 1 is 1.00 bits per heavy atom. The van der Waals surface area contributed by atoms with Gasteiger partial charge in [0.1, 0.15) is 5.75 Å². The second-order valence-electron chi connectivity index (χ2n) is 5.83. The summed E-state index contributed by atoms with van der Waals surface area (Å²) in [7, 11) is 1.62. The molecule has 0 radical (unpaired) electrons. The van der Waals surface area contributed by atoms with Gasteiger partial charge in [-0.3, -0.25) is 9.59 Å². The van der Waals surface area contributed by atoms with Crippen LogP contribution in [0.5, 0.6) is 5.75 Å². The standard InChI is InChI=1S/C19H22N2O3/c1-12(2)17-10-14(8-9-18(17)24-4)19(23)21-16-7-5-6-15(11-16)20-13(3)22/h5-12H,1-4H3,(H,20,22)(H,21,23). The Hall–Kier alpha value is -2.82. The van der Waals surface area contributed by atoms with Crippen molar-refractivity contribution in [2.24, 2.45) is 0 Å². The van der Waals surface area contributed by atoms with Gasteiger partial charge in [-0.15, -0.1) is 0 Å². The van der Waals surface area contributed by atoms with E-state index in [2.05, 4.69) is 24.5 Å². The summed E-state index contributed by atoms with van der Waals surface area (Å²) in [6, 6.07) is 12.4. The highest BCUT2D eigenvalue weighted by molar-refractivity contribution is 6.05. The number of hydrogen-bond donors (Lipinski definition) is 2. The first-order valence-electron chi connectivity index (χ1n) is 7.77. The fraction of sp³-hybridized carbons (Fsp3) is 0.263. The first-order valence-corrected chi connectivity index (χ1v) is 7.77. The van der Waals surface area contributed by atoms with Gasteiger partial charge in [0.25, 0.3) is 5.91 Å². The molecule has 0 spiro atoms. The minimum absolute atomic E-state index is 0.157. The Morgan fingerprint density at radius 3 is 2.25 bits per heavy atom. The Balaban J connectivity index is 2.21. The molecule has 0 aromatic heterocycles. The zero-order valence-electron chi connectivity index (χ0n) is 14.3. The van der Waals surface area contributed by atoms with Crippen molar-refractivity contribution < 1.29 is 14.3 Å². The molecule has 0 bridgehead atoms. The Bertz CT molecular complexity index is 754. The molecule has 24 heavy (non-hydrogen) atoms. The minimum atomic E-state index is -0.209. The second kappa shape index (κ2) is 7.64. The summed E-state index contributed by atoms with van der Waals surface area (Å²) in [5.74, 6) is 0.653. The predicted molar refractivity (Wildman–Crippen MR) is 95.8 cm³/mol. The van der Waals surface area contributed by atoms with Crippen molar-refractivity contribution in [3.8, 4) is 5.75 Å². The summed E-state index contributed by atoms with van der Waals surface area (Å²) in [5, 5.41) is 5.53. The van der Waals surface area contributed by atoms with Gasteiger partial charge in [0.05, 0.1) is 7.11 Å². The summed E-state index contributed by atoms with van der Waals surface area (Å²) in [5.41, 5.74) is 2.80. The molecule has 2 rings (SSSR count). The summed E-state index contributed by atoms with van der Waals surface area (Å²) in [4.78, 5) is 23.6. The van der Waals surface area contributed by atoms with Gasteiger partial charge in [-0.1, -0.05) is 19.9 Å². The molecule has 0 saturated carbocycles. The molecule has 0 aliphatic rings. The molecule has 0 unspecified atom stereocenters. The number of rotatable bonds is 5. The molecule has 2 amide bonds. The van der Waals surface area contributed by atoms with Crippen LogP contribution in [0.15, 0.2) is 42.5 Å². The minimum Gasteiger partial charge on any atom is -0.496 e. The topological polar surface area (TPSA) is 67.4 Å². The highest BCUT2D eigenvalue weighted by atomic mass is 16.5. The van der Waals surface area contributed by atoms with Gasteiger partial charge < -0.3 is 15.4 Å². The van der Waals surface area contributed by atoms with E-state index in [9.17, 15) is 9.59 Å². The zero-order chi connectivity index (χ0) is 17.7. The lowest BCUT2D eigenvalue weighted by Crippen LogP contribution is -2.13. The lowest BCUT2D eigenvalue weighted by molar-refractivity contribution is -0.114. The number of carbonyl (C=O) groups is 2. The van der Waals surface area contributed by atoms with Crippen molar-refractivity contribution in [3.05, 3.63) is 53.6 Å². The van der Waals surface area contributed by atoms with Crippen LogP contribution in [-0.4, -0.2) is 18.9 Å². The molecule has 2 N–H and O–H groups in total. The first-order chi connectivity index (χ1) is 11.4. The molecule has 0 fully saturated rings. The quantitative estimate of drug-likeness (QED) is 0.871. The van der Waals surface area contributed by atoms with E-state index in [1.54, 1.807) is 43.5 Å². The van der Waals surface area contributed by atoms with Crippen LogP contribution in [-0.2, 0) is 4.79 Å². The third kappa shape index (κ3) is 4.35. The third-order valence-electron chi connectivity index (χ3n) is 3.55.